The van der Waals surface area contributed by atoms with Crippen molar-refractivity contribution >= 4 is 11.6 Å². The van der Waals surface area contributed by atoms with Gasteiger partial charge in [-0.3, -0.25) is 4.90 Å². The van der Waals surface area contributed by atoms with Crippen LogP contribution in [0.1, 0.15) is 36.6 Å². The number of ether oxygens (including phenoxy) is 3. The zero-order chi connectivity index (χ0) is 33.7. The topological polar surface area (TPSA) is 48.8 Å². The predicted molar refractivity (Wildman–Crippen MR) is 177 cm³/mol. The fourth-order valence-corrected chi connectivity index (χ4v) is 5.91. The first-order valence-electron chi connectivity index (χ1n) is 15.7. The minimum atomic E-state index is -4.61. The highest BCUT2D eigenvalue weighted by Crippen LogP contribution is 2.36. The summed E-state index contributed by atoms with van der Waals surface area (Å²) < 4.78 is 71.3. The molecule has 48 heavy (non-hydrogen) atoms. The second-order valence-corrected chi connectivity index (χ2v) is 12.0. The van der Waals surface area contributed by atoms with Crippen LogP contribution in [0.25, 0.3) is 22.6 Å². The summed E-state index contributed by atoms with van der Waals surface area (Å²) in [7, 11) is 0. The summed E-state index contributed by atoms with van der Waals surface area (Å²) >= 11 is 6.46. The number of hydrogen-bond acceptors (Lipinski definition) is 5. The Morgan fingerprint density at radius 3 is 2.33 bits per heavy atom. The molecule has 6 nitrogen and oxygen atoms in total. The van der Waals surface area contributed by atoms with Gasteiger partial charge in [0, 0.05) is 42.3 Å². The van der Waals surface area contributed by atoms with Crippen LogP contribution in [0.4, 0.5) is 17.6 Å². The van der Waals surface area contributed by atoms with Crippen LogP contribution in [-0.2, 0) is 26.2 Å². The first-order valence-corrected chi connectivity index (χ1v) is 16.0. The van der Waals surface area contributed by atoms with Crippen molar-refractivity contribution in [2.24, 2.45) is 0 Å². The lowest BCUT2D eigenvalue weighted by atomic mass is 10.1. The summed E-state index contributed by atoms with van der Waals surface area (Å²) in [6.07, 6.45) is -6.69. The van der Waals surface area contributed by atoms with Gasteiger partial charge in [-0.25, -0.2) is 4.98 Å². The molecule has 1 aliphatic heterocycles. The third-order valence-electron chi connectivity index (χ3n) is 7.97. The first-order chi connectivity index (χ1) is 23.2. The molecule has 0 unspecified atom stereocenters. The van der Waals surface area contributed by atoms with Gasteiger partial charge in [-0.05, 0) is 53.9 Å². The number of nitrogens with zero attached hydrogens (tertiary/aromatic N) is 3. The van der Waals surface area contributed by atoms with Gasteiger partial charge in [0.15, 0.2) is 11.5 Å². The molecule has 1 aliphatic rings. The predicted octanol–water partition coefficient (Wildman–Crippen LogP) is 9.84. The molecule has 0 spiro atoms. The molecule has 0 saturated carbocycles. The van der Waals surface area contributed by atoms with E-state index in [1.54, 1.807) is 6.07 Å². The van der Waals surface area contributed by atoms with Gasteiger partial charge in [0.05, 0.1) is 11.4 Å². The number of halogens is 5. The molecule has 0 atom stereocenters. The molecule has 0 radical (unpaired) electrons. The SMILES string of the molecule is CCCCn1c(-c2ccccc2)nc(-c2cccc(Cl)c2)c1CN(Cc1cccc(OC(F)(F)C(F)F)c1)Cc1ccc2c(c1)OCO2. The summed E-state index contributed by atoms with van der Waals surface area (Å²) in [5.74, 6) is 1.76. The number of aromatic nitrogens is 2. The lowest BCUT2D eigenvalue weighted by molar-refractivity contribution is -0.253. The number of benzene rings is 4. The minimum Gasteiger partial charge on any atom is -0.454 e. The number of imidazole rings is 1. The Morgan fingerprint density at radius 2 is 1.58 bits per heavy atom. The molecule has 1 aromatic heterocycles. The summed E-state index contributed by atoms with van der Waals surface area (Å²) in [5, 5.41) is 0.581. The van der Waals surface area contributed by atoms with Gasteiger partial charge in [0.25, 0.3) is 0 Å². The first kappa shape index (κ1) is 33.4. The number of rotatable bonds is 14. The fourth-order valence-electron chi connectivity index (χ4n) is 5.72. The second-order valence-electron chi connectivity index (χ2n) is 11.6. The van der Waals surface area contributed by atoms with E-state index in [1.807, 2.05) is 72.8 Å². The molecule has 6 rings (SSSR count). The Kier molecular flexibility index (Phi) is 10.2. The molecule has 0 saturated heterocycles. The van der Waals surface area contributed by atoms with Gasteiger partial charge in [0.2, 0.25) is 6.79 Å². The lowest BCUT2D eigenvalue weighted by Gasteiger charge is -2.25. The average molecular weight is 680 g/mol. The van der Waals surface area contributed by atoms with Crippen molar-refractivity contribution in [2.45, 2.75) is 58.5 Å². The normalized spacial score (nSPS) is 12.7. The molecule has 0 aliphatic carbocycles. The summed E-state index contributed by atoms with van der Waals surface area (Å²) in [5.41, 5.74) is 5.08. The van der Waals surface area contributed by atoms with E-state index < -0.39 is 12.5 Å². The van der Waals surface area contributed by atoms with Crippen LogP contribution in [0.5, 0.6) is 17.2 Å². The summed E-state index contributed by atoms with van der Waals surface area (Å²) in [6, 6.07) is 29.1. The maximum absolute atomic E-state index is 13.8. The summed E-state index contributed by atoms with van der Waals surface area (Å²) in [6.45, 7) is 4.10. The number of fused-ring (bicyclic) bond motifs is 1. The molecule has 0 N–H and O–H groups in total. The van der Waals surface area contributed by atoms with E-state index in [2.05, 4.69) is 21.1 Å². The third-order valence-corrected chi connectivity index (χ3v) is 8.20. The molecule has 0 bridgehead atoms. The van der Waals surface area contributed by atoms with Crippen LogP contribution in [0, 0.1) is 0 Å². The van der Waals surface area contributed by atoms with Crippen LogP contribution >= 0.6 is 11.6 Å². The van der Waals surface area contributed by atoms with E-state index in [4.69, 9.17) is 26.1 Å². The van der Waals surface area contributed by atoms with Crippen molar-refractivity contribution in [3.63, 3.8) is 0 Å². The average Bonchev–Trinajstić information content (AvgIpc) is 3.68. The summed E-state index contributed by atoms with van der Waals surface area (Å²) in [4.78, 5) is 7.34. The fraction of sp³-hybridized carbons (Fsp3) is 0.270. The van der Waals surface area contributed by atoms with Crippen LogP contribution in [0.15, 0.2) is 97.1 Å². The van der Waals surface area contributed by atoms with Crippen molar-refractivity contribution < 1.29 is 31.8 Å². The van der Waals surface area contributed by atoms with E-state index in [9.17, 15) is 17.6 Å². The van der Waals surface area contributed by atoms with Crippen molar-refractivity contribution in [1.82, 2.24) is 14.5 Å². The van der Waals surface area contributed by atoms with E-state index in [-0.39, 0.29) is 19.1 Å². The smallest absolute Gasteiger partial charge is 0.454 e. The second kappa shape index (κ2) is 14.7. The molecule has 5 aromatic rings. The zero-order valence-corrected chi connectivity index (χ0v) is 27.0. The van der Waals surface area contributed by atoms with Gasteiger partial charge in [-0.2, -0.15) is 17.6 Å². The van der Waals surface area contributed by atoms with Gasteiger partial charge < -0.3 is 18.8 Å². The highest BCUT2D eigenvalue weighted by molar-refractivity contribution is 6.30. The Labute approximate surface area is 281 Å². The Bertz CT molecular complexity index is 1850. The Balaban J connectivity index is 1.43. The Morgan fingerprint density at radius 1 is 0.854 bits per heavy atom. The Hall–Kier alpha value is -4.54. The van der Waals surface area contributed by atoms with Crippen molar-refractivity contribution in [3.8, 4) is 39.9 Å². The largest absolute Gasteiger partial charge is 0.461 e. The van der Waals surface area contributed by atoms with E-state index in [0.29, 0.717) is 41.7 Å². The quantitative estimate of drug-likeness (QED) is 0.109. The van der Waals surface area contributed by atoms with Gasteiger partial charge in [0.1, 0.15) is 11.6 Å². The highest BCUT2D eigenvalue weighted by atomic mass is 35.5. The maximum atomic E-state index is 13.8. The maximum Gasteiger partial charge on any atom is 0.461 e. The van der Waals surface area contributed by atoms with Gasteiger partial charge in [-0.1, -0.05) is 85.6 Å². The van der Waals surface area contributed by atoms with Gasteiger partial charge >= 0.3 is 12.5 Å². The van der Waals surface area contributed by atoms with Crippen molar-refractivity contribution in [2.75, 3.05) is 6.79 Å². The molecule has 250 valence electrons. The molecule has 4 aromatic carbocycles. The van der Waals surface area contributed by atoms with E-state index >= 15 is 0 Å². The van der Waals surface area contributed by atoms with Crippen LogP contribution in [-0.4, -0.2) is 33.8 Å². The highest BCUT2D eigenvalue weighted by Gasteiger charge is 2.44. The van der Waals surface area contributed by atoms with Crippen LogP contribution in [0.3, 0.4) is 0 Å². The van der Waals surface area contributed by atoms with Crippen molar-refractivity contribution in [3.05, 3.63) is 119 Å². The standard InChI is InChI=1S/C37H34ClF4N3O3/c1-2-3-17-45-31(34(28-12-8-13-29(38)20-28)43-35(45)27-10-5-4-6-11-27)23-44(22-26-15-16-32-33(19-26)47-24-46-32)21-25-9-7-14-30(18-25)48-37(41,42)36(39)40/h4-16,18-20,36H,2-3,17,21-24H2,1H3. The molecular formula is C37H34ClF4N3O3. The monoisotopic (exact) mass is 679 g/mol. The van der Waals surface area contributed by atoms with Gasteiger partial charge in [-0.15, -0.1) is 0 Å². The van der Waals surface area contributed by atoms with Crippen LogP contribution < -0.4 is 14.2 Å². The molecule has 11 heteroatoms. The third kappa shape index (κ3) is 7.77. The number of unbranched alkanes of at least 4 members (excludes halogenated alkanes) is 1. The number of alkyl halides is 4. The molecule has 0 amide bonds. The van der Waals surface area contributed by atoms with Crippen LogP contribution in [0.2, 0.25) is 5.02 Å². The lowest BCUT2D eigenvalue weighted by Crippen LogP contribution is -2.33. The van der Waals surface area contributed by atoms with E-state index in [1.165, 1.54) is 18.2 Å². The molecule has 0 fully saturated rings. The minimum absolute atomic E-state index is 0.139. The molecule has 2 heterocycles. The number of hydrogen-bond donors (Lipinski definition) is 0. The van der Waals surface area contributed by atoms with E-state index in [0.717, 1.165) is 46.7 Å². The zero-order valence-electron chi connectivity index (χ0n) is 26.2. The molecular weight excluding hydrogens is 646 g/mol. The van der Waals surface area contributed by atoms with Crippen molar-refractivity contribution in [1.29, 1.82) is 0 Å².